The summed E-state index contributed by atoms with van der Waals surface area (Å²) in [5.74, 6) is -3.03. The van der Waals surface area contributed by atoms with Gasteiger partial charge in [0.1, 0.15) is 0 Å². The lowest BCUT2D eigenvalue weighted by Gasteiger charge is -2.32. The van der Waals surface area contributed by atoms with Gasteiger partial charge in [0.2, 0.25) is 5.75 Å². The van der Waals surface area contributed by atoms with E-state index < -0.39 is 45.2 Å². The van der Waals surface area contributed by atoms with E-state index in [-0.39, 0.29) is 47.7 Å². The van der Waals surface area contributed by atoms with Gasteiger partial charge in [-0.15, -0.1) is 0 Å². The van der Waals surface area contributed by atoms with Gasteiger partial charge in [-0.3, -0.25) is 20.2 Å². The number of unbranched alkanes of at least 4 members (excludes halogenated alkanes) is 12. The van der Waals surface area contributed by atoms with Crippen LogP contribution in [0.2, 0.25) is 0 Å². The lowest BCUT2D eigenvalue weighted by molar-refractivity contribution is -0.395. The highest BCUT2D eigenvalue weighted by Crippen LogP contribution is 2.50. The predicted molar refractivity (Wildman–Crippen MR) is 189 cm³/mol. The first-order valence-corrected chi connectivity index (χ1v) is 18.1. The van der Waals surface area contributed by atoms with Crippen molar-refractivity contribution >= 4 is 23.3 Å². The van der Waals surface area contributed by atoms with E-state index in [2.05, 4.69) is 12.2 Å². The fourth-order valence-electron chi connectivity index (χ4n) is 6.48. The molecule has 0 amide bonds. The Morgan fingerprint density at radius 2 is 1.16 bits per heavy atom. The van der Waals surface area contributed by atoms with E-state index in [1.807, 2.05) is 0 Å². The summed E-state index contributed by atoms with van der Waals surface area (Å²) in [6, 6.07) is 0.932. The minimum atomic E-state index is -1.29. The molecule has 12 heteroatoms. The van der Waals surface area contributed by atoms with Crippen LogP contribution >= 0.6 is 0 Å². The summed E-state index contributed by atoms with van der Waals surface area (Å²) >= 11 is 0. The SMILES string of the molecule is CCCCCCCCCCCCCCCc1c([N+](=O)[O-])cc([N+](=O)[O-])c(OC(C)C)c1C1C(C(=O)OCC)=C(C)NC(C)=C1C(=O)OCC. The molecule has 1 aliphatic rings. The van der Waals surface area contributed by atoms with Crippen molar-refractivity contribution in [3.05, 3.63) is 60.0 Å². The molecule has 0 atom stereocenters. The van der Waals surface area contributed by atoms with Crippen LogP contribution in [0.3, 0.4) is 0 Å². The number of hydrogen-bond acceptors (Lipinski definition) is 10. The maximum absolute atomic E-state index is 13.6. The lowest BCUT2D eigenvalue weighted by Crippen LogP contribution is -2.33. The first-order valence-electron chi connectivity index (χ1n) is 18.1. The molecular formula is C37H57N3O9. The predicted octanol–water partition coefficient (Wildman–Crippen LogP) is 9.28. The number of dihydropyridines is 1. The number of hydrogen-bond donors (Lipinski definition) is 1. The van der Waals surface area contributed by atoms with Gasteiger partial charge in [0.05, 0.1) is 52.3 Å². The minimum Gasteiger partial charge on any atom is -0.484 e. The first-order chi connectivity index (χ1) is 23.4. The van der Waals surface area contributed by atoms with E-state index >= 15 is 0 Å². The molecule has 0 saturated heterocycles. The van der Waals surface area contributed by atoms with Gasteiger partial charge in [-0.25, -0.2) is 9.59 Å². The molecule has 0 aromatic heterocycles. The van der Waals surface area contributed by atoms with Crippen molar-refractivity contribution in [2.45, 2.75) is 150 Å². The van der Waals surface area contributed by atoms with Gasteiger partial charge in [0, 0.05) is 22.5 Å². The van der Waals surface area contributed by atoms with Gasteiger partial charge in [-0.2, -0.15) is 0 Å². The molecule has 0 saturated carbocycles. The normalized spacial score (nSPS) is 13.5. The Labute approximate surface area is 291 Å². The summed E-state index contributed by atoms with van der Waals surface area (Å²) in [7, 11) is 0. The average molecular weight is 688 g/mol. The van der Waals surface area contributed by atoms with E-state index in [1.165, 1.54) is 51.4 Å². The van der Waals surface area contributed by atoms with Gasteiger partial charge < -0.3 is 19.5 Å². The fourth-order valence-corrected chi connectivity index (χ4v) is 6.48. The molecule has 0 unspecified atom stereocenters. The summed E-state index contributed by atoms with van der Waals surface area (Å²) in [6.45, 7) is 12.2. The zero-order valence-electron chi connectivity index (χ0n) is 30.6. The number of esters is 2. The molecule has 0 bridgehead atoms. The quantitative estimate of drug-likeness (QED) is 0.0508. The molecule has 1 aromatic rings. The smallest absolute Gasteiger partial charge is 0.336 e. The summed E-state index contributed by atoms with van der Waals surface area (Å²) in [4.78, 5) is 50.8. The summed E-state index contributed by atoms with van der Waals surface area (Å²) in [6.07, 6.45) is 14.2. The maximum Gasteiger partial charge on any atom is 0.336 e. The molecule has 0 fully saturated rings. The van der Waals surface area contributed by atoms with Gasteiger partial charge in [-0.05, 0) is 54.4 Å². The summed E-state index contributed by atoms with van der Waals surface area (Å²) < 4.78 is 16.9. The van der Waals surface area contributed by atoms with E-state index in [0.717, 1.165) is 31.7 Å². The van der Waals surface area contributed by atoms with Crippen LogP contribution in [0.1, 0.15) is 149 Å². The largest absolute Gasteiger partial charge is 0.484 e. The van der Waals surface area contributed by atoms with Crippen molar-refractivity contribution in [3.63, 3.8) is 0 Å². The highest BCUT2D eigenvalue weighted by atomic mass is 16.6. The molecule has 0 spiro atoms. The third-order valence-corrected chi connectivity index (χ3v) is 8.70. The number of nitro benzene ring substituents is 2. The molecule has 0 aliphatic carbocycles. The molecule has 1 aliphatic heterocycles. The van der Waals surface area contributed by atoms with E-state index in [9.17, 15) is 29.8 Å². The molecule has 0 radical (unpaired) electrons. The Kier molecular flexibility index (Phi) is 17.8. The van der Waals surface area contributed by atoms with Crippen LogP contribution in [0.5, 0.6) is 5.75 Å². The molecule has 2 rings (SSSR count). The van der Waals surface area contributed by atoms with Gasteiger partial charge in [0.15, 0.2) is 0 Å². The number of carbonyl (C=O) groups excluding carboxylic acids is 2. The second-order valence-electron chi connectivity index (χ2n) is 12.9. The zero-order valence-corrected chi connectivity index (χ0v) is 30.6. The first kappa shape index (κ1) is 41.2. The molecule has 1 aromatic carbocycles. The van der Waals surface area contributed by atoms with Gasteiger partial charge >= 0.3 is 17.6 Å². The summed E-state index contributed by atoms with van der Waals surface area (Å²) in [5.41, 5.74) is -0.140. The third-order valence-electron chi connectivity index (χ3n) is 8.70. The van der Waals surface area contributed by atoms with Crippen molar-refractivity contribution in [2.24, 2.45) is 0 Å². The van der Waals surface area contributed by atoms with Crippen molar-refractivity contribution in [3.8, 4) is 5.75 Å². The number of nitro groups is 2. The number of carbonyl (C=O) groups is 2. The number of nitrogens with one attached hydrogen (secondary N) is 1. The van der Waals surface area contributed by atoms with Gasteiger partial charge in [-0.1, -0.05) is 84.0 Å². The van der Waals surface area contributed by atoms with Crippen LogP contribution in [0, 0.1) is 20.2 Å². The third kappa shape index (κ3) is 11.9. The topological polar surface area (TPSA) is 160 Å². The molecule has 49 heavy (non-hydrogen) atoms. The monoisotopic (exact) mass is 687 g/mol. The van der Waals surface area contributed by atoms with Crippen molar-refractivity contribution in [1.82, 2.24) is 5.32 Å². The maximum atomic E-state index is 13.6. The van der Waals surface area contributed by atoms with Crippen molar-refractivity contribution in [1.29, 1.82) is 0 Å². The number of nitrogens with zero attached hydrogens (tertiary/aromatic N) is 2. The molecule has 274 valence electrons. The Balaban J connectivity index is 2.59. The van der Waals surface area contributed by atoms with E-state index in [0.29, 0.717) is 17.8 Å². The minimum absolute atomic E-state index is 0.00511. The number of benzene rings is 1. The van der Waals surface area contributed by atoms with Crippen LogP contribution < -0.4 is 10.1 Å². The van der Waals surface area contributed by atoms with Crippen LogP contribution in [0.15, 0.2) is 28.6 Å². The van der Waals surface area contributed by atoms with Crippen LogP contribution in [0.25, 0.3) is 0 Å². The Hall–Kier alpha value is -3.96. The zero-order chi connectivity index (χ0) is 36.5. The van der Waals surface area contributed by atoms with E-state index in [4.69, 9.17) is 14.2 Å². The molecule has 1 heterocycles. The number of allylic oxidation sites excluding steroid dienone is 2. The van der Waals surface area contributed by atoms with Crippen LogP contribution in [0.4, 0.5) is 11.4 Å². The van der Waals surface area contributed by atoms with Crippen LogP contribution in [-0.2, 0) is 25.5 Å². The van der Waals surface area contributed by atoms with Gasteiger partial charge in [0.25, 0.3) is 5.69 Å². The number of ether oxygens (including phenoxy) is 3. The highest BCUT2D eigenvalue weighted by molar-refractivity contribution is 6.00. The van der Waals surface area contributed by atoms with Crippen molar-refractivity contribution < 1.29 is 33.6 Å². The number of rotatable bonds is 23. The van der Waals surface area contributed by atoms with Crippen LogP contribution in [-0.4, -0.2) is 41.1 Å². The van der Waals surface area contributed by atoms with Crippen molar-refractivity contribution in [2.75, 3.05) is 13.2 Å². The summed E-state index contributed by atoms with van der Waals surface area (Å²) in [5, 5.41) is 28.1. The second-order valence-corrected chi connectivity index (χ2v) is 12.9. The van der Waals surface area contributed by atoms with E-state index in [1.54, 1.807) is 41.5 Å². The Morgan fingerprint density at radius 3 is 1.55 bits per heavy atom. The standard InChI is InChI=1S/C37H57N3O9/c1-8-11-12-13-14-15-16-17-18-19-20-21-22-23-28-29(39(43)44)24-30(40(45)46)35(49-25(4)5)33(28)34-31(36(41)47-9-2)26(6)38-27(7)32(34)37(42)48-10-3/h24-25,34,38H,8-23H2,1-7H3. The fraction of sp³-hybridized carbons (Fsp3) is 0.676. The molecular weight excluding hydrogens is 630 g/mol. The Bertz CT molecular complexity index is 1330. The molecule has 12 nitrogen and oxygen atoms in total. The Morgan fingerprint density at radius 1 is 0.735 bits per heavy atom. The second kappa shape index (κ2) is 21.2. The average Bonchev–Trinajstić information content (AvgIpc) is 3.02. The highest BCUT2D eigenvalue weighted by Gasteiger charge is 2.44. The molecule has 1 N–H and O–H groups in total. The lowest BCUT2D eigenvalue weighted by atomic mass is 9.76.